The molecule has 1 atom stereocenters. The van der Waals surface area contributed by atoms with Gasteiger partial charge in [0.15, 0.2) is 0 Å². The molecule has 2 aromatic carbocycles. The molecule has 1 saturated heterocycles. The van der Waals surface area contributed by atoms with Crippen molar-refractivity contribution in [3.63, 3.8) is 0 Å². The third-order valence-electron chi connectivity index (χ3n) is 6.21. The number of nitriles is 1. The number of ether oxygens (including phenoxy) is 1. The van der Waals surface area contributed by atoms with Crippen LogP contribution in [0.5, 0.6) is 0 Å². The van der Waals surface area contributed by atoms with E-state index < -0.39 is 22.4 Å². The SMILES string of the molecule is CN1Cc2cc(-c3ccc(C[C@H](C#N)NC(=O)C4(N)CCOCC4)cc3)ccc2S1(O)O. The molecule has 2 aliphatic rings. The van der Waals surface area contributed by atoms with E-state index in [1.165, 1.54) is 0 Å². The predicted octanol–water partition coefficient (Wildman–Crippen LogP) is 2.88. The molecule has 0 spiro atoms. The predicted molar refractivity (Wildman–Crippen MR) is 123 cm³/mol. The molecule has 1 amide bonds. The Morgan fingerprint density at radius 2 is 1.91 bits per heavy atom. The molecule has 2 heterocycles. The van der Waals surface area contributed by atoms with E-state index in [1.807, 2.05) is 36.4 Å². The Morgan fingerprint density at radius 3 is 2.56 bits per heavy atom. The summed E-state index contributed by atoms with van der Waals surface area (Å²) in [5.74, 6) is -0.307. The molecule has 5 N–H and O–H groups in total. The van der Waals surface area contributed by atoms with Crippen LogP contribution in [0.3, 0.4) is 0 Å². The van der Waals surface area contributed by atoms with Crippen molar-refractivity contribution in [2.24, 2.45) is 5.73 Å². The van der Waals surface area contributed by atoms with E-state index in [4.69, 9.17) is 10.5 Å². The molecule has 2 aromatic rings. The second-order valence-corrected chi connectivity index (χ2v) is 10.6. The lowest BCUT2D eigenvalue weighted by Gasteiger charge is -2.34. The Morgan fingerprint density at radius 1 is 1.25 bits per heavy atom. The topological polar surface area (TPSA) is 132 Å². The van der Waals surface area contributed by atoms with Crippen LogP contribution in [0.15, 0.2) is 47.4 Å². The zero-order chi connectivity index (χ0) is 22.9. The molecule has 0 saturated carbocycles. The van der Waals surface area contributed by atoms with Gasteiger partial charge in [0.1, 0.15) is 6.04 Å². The average Bonchev–Trinajstić information content (AvgIpc) is 3.01. The fourth-order valence-electron chi connectivity index (χ4n) is 4.11. The van der Waals surface area contributed by atoms with E-state index in [0.717, 1.165) is 22.3 Å². The van der Waals surface area contributed by atoms with Crippen LogP contribution in [-0.4, -0.2) is 51.2 Å². The summed E-state index contributed by atoms with van der Waals surface area (Å²) in [6.45, 7) is 1.38. The van der Waals surface area contributed by atoms with E-state index in [1.54, 1.807) is 17.4 Å². The lowest BCUT2D eigenvalue weighted by atomic mass is 9.90. The first-order valence-electron chi connectivity index (χ1n) is 10.5. The van der Waals surface area contributed by atoms with Crippen LogP contribution < -0.4 is 11.1 Å². The van der Waals surface area contributed by atoms with Crippen LogP contribution >= 0.6 is 10.8 Å². The number of nitrogens with zero attached hydrogens (tertiary/aromatic N) is 2. The van der Waals surface area contributed by atoms with Crippen molar-refractivity contribution in [1.29, 1.82) is 5.26 Å². The van der Waals surface area contributed by atoms with Gasteiger partial charge in [-0.25, -0.2) is 4.31 Å². The lowest BCUT2D eigenvalue weighted by molar-refractivity contribution is -0.130. The molecule has 0 aliphatic carbocycles. The molecule has 9 heteroatoms. The van der Waals surface area contributed by atoms with Crippen LogP contribution in [0.25, 0.3) is 11.1 Å². The standard InChI is InChI=1S/C23H28N4O4S/c1-27-15-19-13-18(6-7-21(19)32(27,29)30)17-4-2-16(3-5-17)12-20(14-24)26-22(28)23(25)8-10-31-11-9-23/h2-7,13,20,29-30H,8-12,15,25H2,1H3,(H,26,28)/t20-/m1/s1. The summed E-state index contributed by atoms with van der Waals surface area (Å²) in [5, 5.41) is 12.3. The van der Waals surface area contributed by atoms with Gasteiger partial charge in [-0.1, -0.05) is 30.3 Å². The molecule has 32 heavy (non-hydrogen) atoms. The van der Waals surface area contributed by atoms with Crippen LogP contribution in [0, 0.1) is 11.3 Å². The molecular formula is C23H28N4O4S. The van der Waals surface area contributed by atoms with Crippen molar-refractivity contribution in [2.45, 2.75) is 42.3 Å². The minimum atomic E-state index is -2.88. The van der Waals surface area contributed by atoms with Gasteiger partial charge in [0, 0.05) is 33.2 Å². The van der Waals surface area contributed by atoms with Gasteiger partial charge in [-0.2, -0.15) is 5.26 Å². The molecule has 0 radical (unpaired) electrons. The summed E-state index contributed by atoms with van der Waals surface area (Å²) in [6.07, 6.45) is 1.26. The lowest BCUT2D eigenvalue weighted by Crippen LogP contribution is -2.58. The number of hydrogen-bond acceptors (Lipinski definition) is 7. The zero-order valence-electron chi connectivity index (χ0n) is 18.0. The normalized spacial score (nSPS) is 21.2. The van der Waals surface area contributed by atoms with E-state index in [9.17, 15) is 19.2 Å². The number of fused-ring (bicyclic) bond motifs is 1. The summed E-state index contributed by atoms with van der Waals surface area (Å²) in [4.78, 5) is 13.2. The first-order valence-corrected chi connectivity index (χ1v) is 12.0. The van der Waals surface area contributed by atoms with Gasteiger partial charge < -0.3 is 15.8 Å². The van der Waals surface area contributed by atoms with E-state index >= 15 is 0 Å². The Bertz CT molecular complexity index is 1040. The summed E-state index contributed by atoms with van der Waals surface area (Å²) < 4.78 is 27.4. The number of nitrogens with one attached hydrogen (secondary N) is 1. The van der Waals surface area contributed by atoms with Gasteiger partial charge >= 0.3 is 0 Å². The molecular weight excluding hydrogens is 428 g/mol. The Hall–Kier alpha value is -2.45. The van der Waals surface area contributed by atoms with Crippen molar-refractivity contribution in [2.75, 3.05) is 20.3 Å². The second-order valence-electron chi connectivity index (χ2n) is 8.45. The van der Waals surface area contributed by atoms with Crippen molar-refractivity contribution < 1.29 is 18.6 Å². The molecule has 170 valence electrons. The summed E-state index contributed by atoms with van der Waals surface area (Å²) in [5.41, 5.74) is 9.03. The molecule has 8 nitrogen and oxygen atoms in total. The second kappa shape index (κ2) is 8.83. The molecule has 2 aliphatic heterocycles. The van der Waals surface area contributed by atoms with E-state index in [0.29, 0.717) is 43.9 Å². The van der Waals surface area contributed by atoms with Crippen molar-refractivity contribution in [3.05, 3.63) is 53.6 Å². The summed E-state index contributed by atoms with van der Waals surface area (Å²) >= 11 is 0. The third-order valence-corrected chi connectivity index (χ3v) is 8.20. The Labute approximate surface area is 189 Å². The number of amides is 1. The minimum Gasteiger partial charge on any atom is -0.381 e. The highest BCUT2D eigenvalue weighted by molar-refractivity contribution is 8.22. The largest absolute Gasteiger partial charge is 0.381 e. The molecule has 0 unspecified atom stereocenters. The fraction of sp³-hybridized carbons (Fsp3) is 0.391. The van der Waals surface area contributed by atoms with Gasteiger partial charge in [0.25, 0.3) is 0 Å². The molecule has 0 aromatic heterocycles. The Kier molecular flexibility index (Phi) is 6.27. The number of nitrogens with two attached hydrogens (primary N) is 1. The Balaban J connectivity index is 1.43. The fourth-order valence-corrected chi connectivity index (χ4v) is 5.49. The molecule has 4 rings (SSSR count). The van der Waals surface area contributed by atoms with E-state index in [-0.39, 0.29) is 5.91 Å². The number of rotatable bonds is 5. The molecule has 1 fully saturated rings. The summed E-state index contributed by atoms with van der Waals surface area (Å²) in [7, 11) is -1.18. The minimum absolute atomic E-state index is 0.307. The highest BCUT2D eigenvalue weighted by Crippen LogP contribution is 2.58. The quantitative estimate of drug-likeness (QED) is 0.544. The number of hydrogen-bond donors (Lipinski definition) is 4. The highest BCUT2D eigenvalue weighted by atomic mass is 32.3. The zero-order valence-corrected chi connectivity index (χ0v) is 18.8. The first kappa shape index (κ1) is 22.7. The average molecular weight is 457 g/mol. The summed E-state index contributed by atoms with van der Waals surface area (Å²) in [6, 6.07) is 14.9. The maximum Gasteiger partial charge on any atom is 0.241 e. The van der Waals surface area contributed by atoms with Crippen molar-refractivity contribution >= 4 is 16.7 Å². The third kappa shape index (κ3) is 4.38. The van der Waals surface area contributed by atoms with Crippen LogP contribution in [0.2, 0.25) is 0 Å². The van der Waals surface area contributed by atoms with Crippen LogP contribution in [0.4, 0.5) is 0 Å². The number of benzene rings is 2. The van der Waals surface area contributed by atoms with Crippen molar-refractivity contribution in [3.8, 4) is 17.2 Å². The van der Waals surface area contributed by atoms with E-state index in [2.05, 4.69) is 11.4 Å². The van der Waals surface area contributed by atoms with Gasteiger partial charge in [-0.05, 0) is 47.2 Å². The monoisotopic (exact) mass is 456 g/mol. The van der Waals surface area contributed by atoms with Crippen molar-refractivity contribution in [1.82, 2.24) is 9.62 Å². The smallest absolute Gasteiger partial charge is 0.241 e. The van der Waals surface area contributed by atoms with Crippen LogP contribution in [0.1, 0.15) is 24.0 Å². The molecule has 0 bridgehead atoms. The maximum absolute atomic E-state index is 12.6. The van der Waals surface area contributed by atoms with Gasteiger partial charge in [-0.3, -0.25) is 13.9 Å². The van der Waals surface area contributed by atoms with Gasteiger partial charge in [0.05, 0.1) is 16.5 Å². The van der Waals surface area contributed by atoms with Crippen LogP contribution in [-0.2, 0) is 22.5 Å². The first-order chi connectivity index (χ1) is 15.2. The van der Waals surface area contributed by atoms with Gasteiger partial charge in [0.2, 0.25) is 5.91 Å². The highest BCUT2D eigenvalue weighted by Gasteiger charge is 2.37. The number of carbonyl (C=O) groups excluding carboxylic acids is 1. The number of carbonyl (C=O) groups is 1. The van der Waals surface area contributed by atoms with Gasteiger partial charge in [-0.15, -0.1) is 10.8 Å². The maximum atomic E-state index is 12.6.